The Labute approximate surface area is 117 Å². The van der Waals surface area contributed by atoms with Crippen molar-refractivity contribution in [1.29, 1.82) is 0 Å². The zero-order valence-electron chi connectivity index (χ0n) is 11.7. The average molecular weight is 280 g/mol. The summed E-state index contributed by atoms with van der Waals surface area (Å²) in [5, 5.41) is 2.40. The summed E-state index contributed by atoms with van der Waals surface area (Å²) in [5.41, 5.74) is -1.55. The minimum atomic E-state index is -1.00. The normalized spacial score (nSPS) is 28.9. The van der Waals surface area contributed by atoms with E-state index in [-0.39, 0.29) is 5.91 Å². The molecule has 0 radical (unpaired) electrons. The molecular formula is C14H20N2O4. The van der Waals surface area contributed by atoms with Gasteiger partial charge < -0.3 is 4.74 Å². The van der Waals surface area contributed by atoms with E-state index in [1.54, 1.807) is 0 Å². The molecule has 2 heterocycles. The van der Waals surface area contributed by atoms with Crippen molar-refractivity contribution in [3.63, 3.8) is 0 Å². The van der Waals surface area contributed by atoms with Crippen molar-refractivity contribution in [2.75, 3.05) is 13.2 Å². The number of nitrogens with zero attached hydrogens (tertiary/aromatic N) is 1. The van der Waals surface area contributed by atoms with E-state index in [4.69, 9.17) is 4.74 Å². The lowest BCUT2D eigenvalue weighted by Gasteiger charge is -2.47. The highest BCUT2D eigenvalue weighted by Gasteiger charge is 2.58. The summed E-state index contributed by atoms with van der Waals surface area (Å²) < 4.78 is 5.33. The number of rotatable bonds is 1. The Bertz CT molecular complexity index is 462. The molecule has 1 N–H and O–H groups in total. The quantitative estimate of drug-likeness (QED) is 0.732. The Hall–Kier alpha value is -1.43. The molecule has 3 fully saturated rings. The Kier molecular flexibility index (Phi) is 3.08. The standard InChI is InChI=1S/C14H20N2O4/c1-13(6-8-20-9-7-13)16-11(18)14(4-2-3-5-14)10(17)15-12(16)19/h2-9H2,1H3,(H,15,17,19). The van der Waals surface area contributed by atoms with Crippen LogP contribution < -0.4 is 5.32 Å². The number of hydrogen-bond acceptors (Lipinski definition) is 4. The Morgan fingerprint density at radius 1 is 1.05 bits per heavy atom. The third-order valence-electron chi connectivity index (χ3n) is 5.04. The van der Waals surface area contributed by atoms with Crippen LogP contribution in [0.1, 0.15) is 45.4 Å². The maximum Gasteiger partial charge on any atom is 0.331 e. The van der Waals surface area contributed by atoms with Gasteiger partial charge in [-0.25, -0.2) is 4.79 Å². The summed E-state index contributed by atoms with van der Waals surface area (Å²) in [7, 11) is 0. The molecule has 0 aromatic rings. The maximum atomic E-state index is 12.9. The van der Waals surface area contributed by atoms with Crippen molar-refractivity contribution < 1.29 is 19.1 Å². The first-order valence-electron chi connectivity index (χ1n) is 7.27. The molecule has 1 saturated carbocycles. The second-order valence-electron chi connectivity index (χ2n) is 6.30. The molecule has 6 nitrogen and oxygen atoms in total. The van der Waals surface area contributed by atoms with Gasteiger partial charge in [0.15, 0.2) is 0 Å². The lowest BCUT2D eigenvalue weighted by atomic mass is 9.79. The Balaban J connectivity index is 1.95. The molecule has 0 atom stereocenters. The van der Waals surface area contributed by atoms with Gasteiger partial charge in [0.25, 0.3) is 0 Å². The van der Waals surface area contributed by atoms with E-state index in [0.29, 0.717) is 38.9 Å². The van der Waals surface area contributed by atoms with E-state index in [1.807, 2.05) is 6.92 Å². The predicted molar refractivity (Wildman–Crippen MR) is 69.7 cm³/mol. The number of amides is 4. The number of urea groups is 1. The van der Waals surface area contributed by atoms with Crippen LogP contribution in [0.4, 0.5) is 4.79 Å². The van der Waals surface area contributed by atoms with Crippen LogP contribution in [-0.4, -0.2) is 41.5 Å². The molecule has 20 heavy (non-hydrogen) atoms. The minimum Gasteiger partial charge on any atom is -0.381 e. The van der Waals surface area contributed by atoms with Crippen LogP contribution in [0, 0.1) is 5.41 Å². The Morgan fingerprint density at radius 3 is 2.25 bits per heavy atom. The molecule has 110 valence electrons. The highest BCUT2D eigenvalue weighted by molar-refractivity contribution is 6.19. The van der Waals surface area contributed by atoms with Gasteiger partial charge in [0, 0.05) is 13.2 Å². The molecule has 0 unspecified atom stereocenters. The fraction of sp³-hybridized carbons (Fsp3) is 0.786. The van der Waals surface area contributed by atoms with Crippen molar-refractivity contribution in [3.05, 3.63) is 0 Å². The van der Waals surface area contributed by atoms with E-state index in [0.717, 1.165) is 12.8 Å². The average Bonchev–Trinajstić information content (AvgIpc) is 2.88. The van der Waals surface area contributed by atoms with Gasteiger partial charge >= 0.3 is 6.03 Å². The molecular weight excluding hydrogens is 260 g/mol. The van der Waals surface area contributed by atoms with Crippen LogP contribution in [0.15, 0.2) is 0 Å². The topological polar surface area (TPSA) is 75.7 Å². The summed E-state index contributed by atoms with van der Waals surface area (Å²) in [6, 6.07) is -0.568. The molecule has 3 rings (SSSR count). The van der Waals surface area contributed by atoms with Crippen LogP contribution in [0.5, 0.6) is 0 Å². The second kappa shape index (κ2) is 4.55. The number of carbonyl (C=O) groups excluding carboxylic acids is 3. The maximum absolute atomic E-state index is 12.9. The van der Waals surface area contributed by atoms with Gasteiger partial charge in [-0.3, -0.25) is 19.8 Å². The molecule has 3 aliphatic rings. The fourth-order valence-corrected chi connectivity index (χ4v) is 3.62. The van der Waals surface area contributed by atoms with Crippen molar-refractivity contribution in [1.82, 2.24) is 10.2 Å². The second-order valence-corrected chi connectivity index (χ2v) is 6.30. The van der Waals surface area contributed by atoms with Gasteiger partial charge in [0.05, 0.1) is 5.54 Å². The van der Waals surface area contributed by atoms with Gasteiger partial charge in [0.2, 0.25) is 11.8 Å². The number of barbiturate groups is 1. The van der Waals surface area contributed by atoms with Gasteiger partial charge in [-0.1, -0.05) is 12.8 Å². The third kappa shape index (κ3) is 1.78. The van der Waals surface area contributed by atoms with E-state index in [9.17, 15) is 14.4 Å². The molecule has 1 aliphatic carbocycles. The van der Waals surface area contributed by atoms with E-state index >= 15 is 0 Å². The van der Waals surface area contributed by atoms with Gasteiger partial charge in [-0.2, -0.15) is 0 Å². The molecule has 0 aromatic heterocycles. The van der Waals surface area contributed by atoms with E-state index < -0.39 is 22.9 Å². The first-order valence-corrected chi connectivity index (χ1v) is 7.27. The van der Waals surface area contributed by atoms with Gasteiger partial charge in [-0.15, -0.1) is 0 Å². The lowest BCUT2D eigenvalue weighted by molar-refractivity contribution is -0.157. The van der Waals surface area contributed by atoms with Crippen LogP contribution in [0.3, 0.4) is 0 Å². The van der Waals surface area contributed by atoms with Crippen LogP contribution in [0.2, 0.25) is 0 Å². The molecule has 2 aliphatic heterocycles. The summed E-state index contributed by atoms with van der Waals surface area (Å²) >= 11 is 0. The van der Waals surface area contributed by atoms with Crippen LogP contribution >= 0.6 is 0 Å². The number of hydrogen-bond donors (Lipinski definition) is 1. The molecule has 2 saturated heterocycles. The first-order chi connectivity index (χ1) is 9.50. The molecule has 0 aromatic carbocycles. The number of carbonyl (C=O) groups is 3. The van der Waals surface area contributed by atoms with E-state index in [1.165, 1.54) is 4.90 Å². The molecule has 6 heteroatoms. The van der Waals surface area contributed by atoms with Gasteiger partial charge in [0.1, 0.15) is 5.41 Å². The van der Waals surface area contributed by atoms with Crippen LogP contribution in [0.25, 0.3) is 0 Å². The predicted octanol–water partition coefficient (Wildman–Crippen LogP) is 1.19. The SMILES string of the molecule is CC1(N2C(=O)NC(=O)C3(CCCC3)C2=O)CCOCC1. The number of ether oxygens (including phenoxy) is 1. The Morgan fingerprint density at radius 2 is 1.65 bits per heavy atom. The third-order valence-corrected chi connectivity index (χ3v) is 5.04. The molecule has 0 bridgehead atoms. The molecule has 4 amide bonds. The van der Waals surface area contributed by atoms with Crippen molar-refractivity contribution in [3.8, 4) is 0 Å². The summed E-state index contributed by atoms with van der Waals surface area (Å²) in [6.07, 6.45) is 4.07. The largest absolute Gasteiger partial charge is 0.381 e. The number of imide groups is 2. The summed E-state index contributed by atoms with van der Waals surface area (Å²) in [4.78, 5) is 38.5. The van der Waals surface area contributed by atoms with Crippen molar-refractivity contribution in [2.24, 2.45) is 5.41 Å². The lowest BCUT2D eigenvalue weighted by Crippen LogP contribution is -2.69. The summed E-state index contributed by atoms with van der Waals surface area (Å²) in [6.45, 7) is 2.98. The zero-order chi connectivity index (χ0) is 14.4. The smallest absolute Gasteiger partial charge is 0.331 e. The first kappa shape index (κ1) is 13.5. The highest BCUT2D eigenvalue weighted by Crippen LogP contribution is 2.44. The van der Waals surface area contributed by atoms with Crippen LogP contribution in [-0.2, 0) is 14.3 Å². The van der Waals surface area contributed by atoms with Crippen molar-refractivity contribution in [2.45, 2.75) is 51.0 Å². The van der Waals surface area contributed by atoms with Crippen molar-refractivity contribution >= 4 is 17.8 Å². The molecule has 1 spiro atoms. The van der Waals surface area contributed by atoms with E-state index in [2.05, 4.69) is 5.32 Å². The zero-order valence-corrected chi connectivity index (χ0v) is 11.7. The summed E-state index contributed by atoms with van der Waals surface area (Å²) in [5.74, 6) is -0.704. The monoisotopic (exact) mass is 280 g/mol. The highest BCUT2D eigenvalue weighted by atomic mass is 16.5. The number of nitrogens with one attached hydrogen (secondary N) is 1. The van der Waals surface area contributed by atoms with Gasteiger partial charge in [-0.05, 0) is 32.6 Å². The fourth-order valence-electron chi connectivity index (χ4n) is 3.62. The minimum absolute atomic E-state index is 0.298.